The van der Waals surface area contributed by atoms with E-state index in [1.54, 1.807) is 12.1 Å². The van der Waals surface area contributed by atoms with E-state index in [1.165, 1.54) is 0 Å². The largest absolute Gasteiger partial charge is 0.452 e. The van der Waals surface area contributed by atoms with Crippen LogP contribution in [0.25, 0.3) is 11.1 Å². The van der Waals surface area contributed by atoms with Crippen LogP contribution in [0.2, 0.25) is 0 Å². The van der Waals surface area contributed by atoms with Gasteiger partial charge in [-0.3, -0.25) is 4.79 Å². The molecule has 0 aromatic heterocycles. The van der Waals surface area contributed by atoms with Gasteiger partial charge in [-0.15, -0.1) is 0 Å². The predicted molar refractivity (Wildman–Crippen MR) is 111 cm³/mol. The second-order valence-corrected chi connectivity index (χ2v) is 6.81. The van der Waals surface area contributed by atoms with Crippen molar-refractivity contribution in [1.29, 1.82) is 0 Å². The summed E-state index contributed by atoms with van der Waals surface area (Å²) in [7, 11) is 0. The summed E-state index contributed by atoms with van der Waals surface area (Å²) in [6, 6.07) is 20.8. The number of carbonyl (C=O) groups excluding carboxylic acids is 2. The molecule has 0 atom stereocenters. The van der Waals surface area contributed by atoms with Gasteiger partial charge in [0.1, 0.15) is 0 Å². The van der Waals surface area contributed by atoms with Crippen LogP contribution in [0.3, 0.4) is 0 Å². The summed E-state index contributed by atoms with van der Waals surface area (Å²) in [6.07, 6.45) is 0. The van der Waals surface area contributed by atoms with Crippen LogP contribution < -0.4 is 5.32 Å². The van der Waals surface area contributed by atoms with E-state index in [0.29, 0.717) is 5.56 Å². The average Bonchev–Trinajstić information content (AvgIpc) is 2.69. The Morgan fingerprint density at radius 3 is 2.14 bits per heavy atom. The van der Waals surface area contributed by atoms with Crippen molar-refractivity contribution < 1.29 is 14.3 Å². The summed E-state index contributed by atoms with van der Waals surface area (Å²) in [6.45, 7) is 5.56. The third kappa shape index (κ3) is 4.46. The second-order valence-electron chi connectivity index (χ2n) is 6.81. The number of carbonyl (C=O) groups is 2. The third-order valence-corrected chi connectivity index (χ3v) is 4.51. The molecule has 4 heteroatoms. The SMILES string of the molecule is Cc1cc(C)c(NC(=O)COC(=O)c2ccccc2-c2ccccc2)c(C)c1. The van der Waals surface area contributed by atoms with E-state index in [9.17, 15) is 9.59 Å². The topological polar surface area (TPSA) is 55.4 Å². The number of ether oxygens (including phenoxy) is 1. The molecule has 0 fully saturated rings. The maximum atomic E-state index is 12.6. The summed E-state index contributed by atoms with van der Waals surface area (Å²) in [5.74, 6) is -0.882. The smallest absolute Gasteiger partial charge is 0.339 e. The molecule has 1 N–H and O–H groups in total. The van der Waals surface area contributed by atoms with Gasteiger partial charge in [-0.2, -0.15) is 0 Å². The molecule has 0 heterocycles. The minimum Gasteiger partial charge on any atom is -0.452 e. The maximum Gasteiger partial charge on any atom is 0.339 e. The van der Waals surface area contributed by atoms with E-state index in [0.717, 1.165) is 33.5 Å². The van der Waals surface area contributed by atoms with E-state index < -0.39 is 5.97 Å². The molecule has 0 unspecified atom stereocenters. The normalized spacial score (nSPS) is 10.4. The lowest BCUT2D eigenvalue weighted by Gasteiger charge is -2.13. The molecule has 0 radical (unpaired) electrons. The van der Waals surface area contributed by atoms with Gasteiger partial charge < -0.3 is 10.1 Å². The van der Waals surface area contributed by atoms with Gasteiger partial charge >= 0.3 is 5.97 Å². The Balaban J connectivity index is 1.69. The summed E-state index contributed by atoms with van der Waals surface area (Å²) in [5, 5.41) is 2.84. The number of rotatable bonds is 5. The van der Waals surface area contributed by atoms with Crippen LogP contribution in [-0.2, 0) is 9.53 Å². The molecule has 0 saturated carbocycles. The number of amides is 1. The van der Waals surface area contributed by atoms with E-state index in [2.05, 4.69) is 5.32 Å². The van der Waals surface area contributed by atoms with Crippen molar-refractivity contribution in [1.82, 2.24) is 0 Å². The fraction of sp³-hybridized carbons (Fsp3) is 0.167. The molecule has 4 nitrogen and oxygen atoms in total. The van der Waals surface area contributed by atoms with E-state index in [-0.39, 0.29) is 12.5 Å². The van der Waals surface area contributed by atoms with Crippen LogP contribution in [0.5, 0.6) is 0 Å². The second kappa shape index (κ2) is 8.53. The standard InChI is InChI=1S/C24H23NO3/c1-16-13-17(2)23(18(3)14-16)25-22(26)15-28-24(27)21-12-8-7-11-20(21)19-9-5-4-6-10-19/h4-14H,15H2,1-3H3,(H,25,26). The van der Waals surface area contributed by atoms with Gasteiger partial charge in [0, 0.05) is 5.69 Å². The first-order valence-corrected chi connectivity index (χ1v) is 9.15. The monoisotopic (exact) mass is 373 g/mol. The van der Waals surface area contributed by atoms with Gasteiger partial charge in [-0.25, -0.2) is 4.79 Å². The van der Waals surface area contributed by atoms with E-state index in [1.807, 2.05) is 75.4 Å². The van der Waals surface area contributed by atoms with Crippen LogP contribution in [0.15, 0.2) is 66.7 Å². The highest BCUT2D eigenvalue weighted by Gasteiger charge is 2.16. The highest BCUT2D eigenvalue weighted by Crippen LogP contribution is 2.24. The number of anilines is 1. The molecule has 3 aromatic carbocycles. The zero-order chi connectivity index (χ0) is 20.1. The molecule has 3 aromatic rings. The van der Waals surface area contributed by atoms with Crippen molar-refractivity contribution in [2.45, 2.75) is 20.8 Å². The minimum atomic E-state index is -0.521. The van der Waals surface area contributed by atoms with Crippen molar-refractivity contribution in [2.75, 3.05) is 11.9 Å². The lowest BCUT2D eigenvalue weighted by molar-refractivity contribution is -0.119. The van der Waals surface area contributed by atoms with Crippen molar-refractivity contribution >= 4 is 17.6 Å². The quantitative estimate of drug-likeness (QED) is 0.635. The molecule has 0 aliphatic rings. The van der Waals surface area contributed by atoms with Gasteiger partial charge in [0.25, 0.3) is 5.91 Å². The fourth-order valence-corrected chi connectivity index (χ4v) is 3.29. The lowest BCUT2D eigenvalue weighted by Crippen LogP contribution is -2.22. The number of benzene rings is 3. The molecule has 0 saturated heterocycles. The summed E-state index contributed by atoms with van der Waals surface area (Å²) >= 11 is 0. The Labute approximate surface area is 165 Å². The van der Waals surface area contributed by atoms with Crippen molar-refractivity contribution in [3.63, 3.8) is 0 Å². The maximum absolute atomic E-state index is 12.6. The van der Waals surface area contributed by atoms with Crippen LogP contribution in [0, 0.1) is 20.8 Å². The summed E-state index contributed by atoms with van der Waals surface area (Å²) in [5.41, 5.74) is 5.99. The molecular weight excluding hydrogens is 350 g/mol. The first-order valence-electron chi connectivity index (χ1n) is 9.15. The first kappa shape index (κ1) is 19.4. The van der Waals surface area contributed by atoms with Crippen molar-refractivity contribution in [3.8, 4) is 11.1 Å². The van der Waals surface area contributed by atoms with Crippen LogP contribution in [0.4, 0.5) is 5.69 Å². The number of aryl methyl sites for hydroxylation is 3. The van der Waals surface area contributed by atoms with Crippen molar-refractivity contribution in [3.05, 3.63) is 89.0 Å². The molecule has 0 spiro atoms. The van der Waals surface area contributed by atoms with Gasteiger partial charge in [-0.05, 0) is 49.1 Å². The molecule has 28 heavy (non-hydrogen) atoms. The first-order chi connectivity index (χ1) is 13.5. The molecule has 3 rings (SSSR count). The third-order valence-electron chi connectivity index (χ3n) is 4.51. The minimum absolute atomic E-state index is 0.339. The van der Waals surface area contributed by atoms with Gasteiger partial charge in [0.05, 0.1) is 5.56 Å². The highest BCUT2D eigenvalue weighted by atomic mass is 16.5. The molecule has 1 amide bonds. The zero-order valence-electron chi connectivity index (χ0n) is 16.3. The number of nitrogens with one attached hydrogen (secondary N) is 1. The molecular formula is C24H23NO3. The summed E-state index contributed by atoms with van der Waals surface area (Å²) in [4.78, 5) is 24.9. The summed E-state index contributed by atoms with van der Waals surface area (Å²) < 4.78 is 5.28. The predicted octanol–water partition coefficient (Wildman–Crippen LogP) is 5.07. The van der Waals surface area contributed by atoms with E-state index >= 15 is 0 Å². The average molecular weight is 373 g/mol. The lowest BCUT2D eigenvalue weighted by atomic mass is 10.00. The molecule has 142 valence electrons. The highest BCUT2D eigenvalue weighted by molar-refractivity contribution is 6.00. The Kier molecular flexibility index (Phi) is 5.90. The number of hydrogen-bond donors (Lipinski definition) is 1. The number of esters is 1. The molecule has 0 bridgehead atoms. The molecule has 0 aliphatic carbocycles. The Morgan fingerprint density at radius 2 is 1.46 bits per heavy atom. The van der Waals surface area contributed by atoms with Gasteiger partial charge in [-0.1, -0.05) is 66.2 Å². The van der Waals surface area contributed by atoms with Crippen LogP contribution in [-0.4, -0.2) is 18.5 Å². The molecule has 0 aliphatic heterocycles. The Morgan fingerprint density at radius 1 is 0.857 bits per heavy atom. The Hall–Kier alpha value is -3.40. The van der Waals surface area contributed by atoms with Crippen LogP contribution >= 0.6 is 0 Å². The van der Waals surface area contributed by atoms with Gasteiger partial charge in [0.2, 0.25) is 0 Å². The fourth-order valence-electron chi connectivity index (χ4n) is 3.29. The zero-order valence-corrected chi connectivity index (χ0v) is 16.3. The van der Waals surface area contributed by atoms with Crippen molar-refractivity contribution in [2.24, 2.45) is 0 Å². The van der Waals surface area contributed by atoms with Crippen LogP contribution in [0.1, 0.15) is 27.0 Å². The number of hydrogen-bond acceptors (Lipinski definition) is 3. The Bertz CT molecular complexity index is 986. The van der Waals surface area contributed by atoms with Gasteiger partial charge in [0.15, 0.2) is 6.61 Å². The van der Waals surface area contributed by atoms with E-state index in [4.69, 9.17) is 4.74 Å².